The molecule has 1 aliphatic heterocycles. The van der Waals surface area contributed by atoms with Crippen LogP contribution >= 0.6 is 0 Å². The van der Waals surface area contributed by atoms with Crippen molar-refractivity contribution < 1.29 is 4.79 Å². The largest absolute Gasteiger partial charge is 0.312 e. The molecule has 0 aliphatic carbocycles. The van der Waals surface area contributed by atoms with E-state index < -0.39 is 0 Å². The Hall–Kier alpha value is -1.92. The van der Waals surface area contributed by atoms with Gasteiger partial charge < -0.3 is 9.80 Å². The lowest BCUT2D eigenvalue weighted by Crippen LogP contribution is -2.30. The molecule has 1 saturated heterocycles. The molecular formula is C17H25N5O. The summed E-state index contributed by atoms with van der Waals surface area (Å²) < 4.78 is 2.08. The SMILES string of the molecule is Cc1c2cccc(N(C=O)CCN(C)C)c2nn1C1CCCN1. The molecule has 6 heteroatoms. The summed E-state index contributed by atoms with van der Waals surface area (Å²) in [6, 6.07) is 6.07. The van der Waals surface area contributed by atoms with Gasteiger partial charge >= 0.3 is 0 Å². The second-order valence-electron chi connectivity index (χ2n) is 6.42. The first-order valence-electron chi connectivity index (χ1n) is 8.19. The summed E-state index contributed by atoms with van der Waals surface area (Å²) in [4.78, 5) is 15.4. The number of fused-ring (bicyclic) bond motifs is 1. The van der Waals surface area contributed by atoms with Crippen LogP contribution < -0.4 is 10.2 Å². The second-order valence-corrected chi connectivity index (χ2v) is 6.42. The van der Waals surface area contributed by atoms with Gasteiger partial charge in [0.25, 0.3) is 0 Å². The molecule has 0 spiro atoms. The van der Waals surface area contributed by atoms with Crippen LogP contribution in [0.1, 0.15) is 24.7 Å². The fraction of sp³-hybridized carbons (Fsp3) is 0.529. The summed E-state index contributed by atoms with van der Waals surface area (Å²) in [5.74, 6) is 0. The zero-order valence-corrected chi connectivity index (χ0v) is 14.1. The maximum Gasteiger partial charge on any atom is 0.214 e. The summed E-state index contributed by atoms with van der Waals surface area (Å²) >= 11 is 0. The summed E-state index contributed by atoms with van der Waals surface area (Å²) in [7, 11) is 4.02. The first-order valence-corrected chi connectivity index (χ1v) is 8.19. The molecule has 6 nitrogen and oxygen atoms in total. The third-order valence-electron chi connectivity index (χ3n) is 4.51. The molecule has 1 fully saturated rings. The zero-order valence-electron chi connectivity index (χ0n) is 14.1. The molecular weight excluding hydrogens is 290 g/mol. The highest BCUT2D eigenvalue weighted by molar-refractivity contribution is 5.97. The maximum absolute atomic E-state index is 11.6. The van der Waals surface area contributed by atoms with E-state index in [2.05, 4.69) is 27.9 Å². The summed E-state index contributed by atoms with van der Waals surface area (Å²) in [6.07, 6.45) is 3.45. The number of nitrogens with zero attached hydrogens (tertiary/aromatic N) is 4. The van der Waals surface area contributed by atoms with Gasteiger partial charge in [0.05, 0.1) is 5.69 Å². The van der Waals surface area contributed by atoms with Crippen LogP contribution in [0.25, 0.3) is 10.9 Å². The number of benzene rings is 1. The summed E-state index contributed by atoms with van der Waals surface area (Å²) in [5.41, 5.74) is 2.95. The van der Waals surface area contributed by atoms with Crippen LogP contribution in [0.4, 0.5) is 5.69 Å². The minimum Gasteiger partial charge on any atom is -0.312 e. The van der Waals surface area contributed by atoms with Gasteiger partial charge in [-0.3, -0.25) is 14.8 Å². The molecule has 1 unspecified atom stereocenters. The molecule has 2 aromatic rings. The van der Waals surface area contributed by atoms with E-state index in [-0.39, 0.29) is 6.17 Å². The number of rotatable bonds is 6. The molecule has 124 valence electrons. The van der Waals surface area contributed by atoms with E-state index in [1.54, 1.807) is 4.90 Å². The van der Waals surface area contributed by atoms with Crippen LogP contribution in [0.3, 0.4) is 0 Å². The Labute approximate surface area is 137 Å². The summed E-state index contributed by atoms with van der Waals surface area (Å²) in [5, 5.41) is 9.44. The average Bonchev–Trinajstić information content (AvgIpc) is 3.16. The lowest BCUT2D eigenvalue weighted by molar-refractivity contribution is -0.107. The standard InChI is InChI=1S/C17H25N5O/c1-13-14-6-4-7-15(21(12-23)11-10-20(2)3)17(14)19-22(13)16-8-5-9-18-16/h4,6-7,12,16,18H,5,8-11H2,1-3H3. The van der Waals surface area contributed by atoms with Gasteiger partial charge in [-0.05, 0) is 46.5 Å². The molecule has 1 aromatic carbocycles. The van der Waals surface area contributed by atoms with E-state index in [1.165, 1.54) is 6.42 Å². The Morgan fingerprint density at radius 3 is 2.87 bits per heavy atom. The fourth-order valence-electron chi connectivity index (χ4n) is 3.18. The normalized spacial score (nSPS) is 18.0. The van der Waals surface area contributed by atoms with Gasteiger partial charge in [0.2, 0.25) is 6.41 Å². The van der Waals surface area contributed by atoms with Crippen LogP contribution in [-0.4, -0.2) is 54.8 Å². The Morgan fingerprint density at radius 1 is 1.39 bits per heavy atom. The van der Waals surface area contributed by atoms with Crippen molar-refractivity contribution in [3.8, 4) is 0 Å². The number of likely N-dealkylation sites (N-methyl/N-ethyl adjacent to an activating group) is 1. The molecule has 0 radical (unpaired) electrons. The topological polar surface area (TPSA) is 53.4 Å². The number of hydrogen-bond donors (Lipinski definition) is 1. The van der Waals surface area contributed by atoms with Crippen molar-refractivity contribution in [3.63, 3.8) is 0 Å². The van der Waals surface area contributed by atoms with E-state index in [0.717, 1.165) is 48.2 Å². The van der Waals surface area contributed by atoms with Crippen LogP contribution in [0.5, 0.6) is 0 Å². The molecule has 1 aliphatic rings. The van der Waals surface area contributed by atoms with E-state index in [0.29, 0.717) is 6.54 Å². The molecule has 2 heterocycles. The van der Waals surface area contributed by atoms with Crippen molar-refractivity contribution in [2.75, 3.05) is 38.6 Å². The first kappa shape index (κ1) is 16.0. The van der Waals surface area contributed by atoms with Crippen molar-refractivity contribution in [1.29, 1.82) is 0 Å². The highest BCUT2D eigenvalue weighted by Gasteiger charge is 2.22. The van der Waals surface area contributed by atoms with Gasteiger partial charge in [0, 0.05) is 24.2 Å². The van der Waals surface area contributed by atoms with Crippen molar-refractivity contribution in [2.45, 2.75) is 25.9 Å². The third-order valence-corrected chi connectivity index (χ3v) is 4.51. The maximum atomic E-state index is 11.6. The molecule has 3 rings (SSSR count). The monoisotopic (exact) mass is 315 g/mol. The number of anilines is 1. The molecule has 0 bridgehead atoms. The number of amides is 1. The molecule has 1 aromatic heterocycles. The first-order chi connectivity index (χ1) is 11.1. The predicted molar refractivity (Wildman–Crippen MR) is 92.7 cm³/mol. The highest BCUT2D eigenvalue weighted by atomic mass is 16.1. The molecule has 1 atom stereocenters. The van der Waals surface area contributed by atoms with Gasteiger partial charge in [-0.2, -0.15) is 5.10 Å². The Morgan fingerprint density at radius 2 is 2.22 bits per heavy atom. The third kappa shape index (κ3) is 3.09. The molecule has 0 saturated carbocycles. The smallest absolute Gasteiger partial charge is 0.214 e. The highest BCUT2D eigenvalue weighted by Crippen LogP contribution is 2.30. The van der Waals surface area contributed by atoms with Crippen molar-refractivity contribution in [2.24, 2.45) is 0 Å². The molecule has 23 heavy (non-hydrogen) atoms. The number of nitrogens with one attached hydrogen (secondary N) is 1. The Bertz CT molecular complexity index is 688. The van der Waals surface area contributed by atoms with Crippen LogP contribution in [-0.2, 0) is 4.79 Å². The lowest BCUT2D eigenvalue weighted by atomic mass is 10.1. The van der Waals surface area contributed by atoms with Crippen LogP contribution in [0, 0.1) is 6.92 Å². The van der Waals surface area contributed by atoms with Crippen molar-refractivity contribution >= 4 is 23.0 Å². The fourth-order valence-corrected chi connectivity index (χ4v) is 3.18. The van der Waals surface area contributed by atoms with Crippen molar-refractivity contribution in [3.05, 3.63) is 23.9 Å². The van der Waals surface area contributed by atoms with Crippen LogP contribution in [0.15, 0.2) is 18.2 Å². The van der Waals surface area contributed by atoms with E-state index >= 15 is 0 Å². The summed E-state index contributed by atoms with van der Waals surface area (Å²) in [6.45, 7) is 4.61. The predicted octanol–water partition coefficient (Wildman–Crippen LogP) is 1.75. The number of aromatic nitrogens is 2. The minimum absolute atomic E-state index is 0.265. The van der Waals surface area contributed by atoms with E-state index in [1.807, 2.05) is 26.2 Å². The molecule has 1 N–H and O–H groups in total. The second kappa shape index (κ2) is 6.68. The van der Waals surface area contributed by atoms with E-state index in [9.17, 15) is 4.79 Å². The Kier molecular flexibility index (Phi) is 4.63. The number of aryl methyl sites for hydroxylation is 1. The van der Waals surface area contributed by atoms with Gasteiger partial charge in [0.15, 0.2) is 0 Å². The average molecular weight is 315 g/mol. The minimum atomic E-state index is 0.265. The van der Waals surface area contributed by atoms with Gasteiger partial charge in [-0.25, -0.2) is 0 Å². The van der Waals surface area contributed by atoms with Gasteiger partial charge in [-0.1, -0.05) is 12.1 Å². The zero-order chi connectivity index (χ0) is 16.4. The van der Waals surface area contributed by atoms with Gasteiger partial charge in [0.1, 0.15) is 11.7 Å². The molecule has 1 amide bonds. The quantitative estimate of drug-likeness (QED) is 0.825. The number of hydrogen-bond acceptors (Lipinski definition) is 4. The Balaban J connectivity index is 2.00. The lowest BCUT2D eigenvalue weighted by Gasteiger charge is -2.20. The van der Waals surface area contributed by atoms with E-state index in [4.69, 9.17) is 5.10 Å². The van der Waals surface area contributed by atoms with Crippen LogP contribution in [0.2, 0.25) is 0 Å². The van der Waals surface area contributed by atoms with Gasteiger partial charge in [-0.15, -0.1) is 0 Å². The van der Waals surface area contributed by atoms with Crippen molar-refractivity contribution in [1.82, 2.24) is 20.0 Å². The number of carbonyl (C=O) groups is 1. The number of carbonyl (C=O) groups excluding carboxylic acids is 1.